The fourth-order valence-corrected chi connectivity index (χ4v) is 7.34. The van der Waals surface area contributed by atoms with Crippen molar-refractivity contribution in [2.24, 2.45) is 4.99 Å². The molecule has 0 amide bonds. The summed E-state index contributed by atoms with van der Waals surface area (Å²) >= 11 is 1.45. The lowest BCUT2D eigenvalue weighted by Crippen LogP contribution is -2.25. The maximum atomic E-state index is 12.8. The van der Waals surface area contributed by atoms with Crippen LogP contribution in [0.25, 0.3) is 5.57 Å². The molecule has 0 atom stereocenters. The molecule has 1 aliphatic carbocycles. The van der Waals surface area contributed by atoms with Crippen LogP contribution < -0.4 is 0 Å². The molecule has 1 aromatic rings. The van der Waals surface area contributed by atoms with Crippen LogP contribution in [-0.4, -0.2) is 45.5 Å². The van der Waals surface area contributed by atoms with Gasteiger partial charge in [0.25, 0.3) is 0 Å². The summed E-state index contributed by atoms with van der Waals surface area (Å²) in [6, 6.07) is 0. The molecule has 0 bridgehead atoms. The van der Waals surface area contributed by atoms with E-state index in [1.165, 1.54) is 145 Å². The van der Waals surface area contributed by atoms with E-state index in [4.69, 9.17) is 4.99 Å². The van der Waals surface area contributed by atoms with Crippen molar-refractivity contribution in [3.8, 4) is 0 Å². The maximum Gasteiger partial charge on any atom is 0.218 e. The van der Waals surface area contributed by atoms with Gasteiger partial charge in [-0.1, -0.05) is 117 Å². The average molecular weight is 663 g/mol. The Morgan fingerprint density at radius 3 is 1.64 bits per heavy atom. The van der Waals surface area contributed by atoms with Crippen LogP contribution in [0.15, 0.2) is 45.8 Å². The second-order valence-corrected chi connectivity index (χ2v) is 14.9. The third kappa shape index (κ3) is 13.1. The third-order valence-corrected chi connectivity index (χ3v) is 10.7. The van der Waals surface area contributed by atoms with E-state index in [9.17, 15) is 9.90 Å². The Morgan fingerprint density at radius 2 is 1.21 bits per heavy atom. The van der Waals surface area contributed by atoms with Gasteiger partial charge in [-0.05, 0) is 51.3 Å². The highest BCUT2D eigenvalue weighted by atomic mass is 32.1. The lowest BCUT2D eigenvalue weighted by atomic mass is 9.88. The van der Waals surface area contributed by atoms with Gasteiger partial charge in [0.05, 0.1) is 23.2 Å². The molecule has 1 aromatic heterocycles. The zero-order chi connectivity index (χ0) is 33.9. The number of ketones is 1. The predicted octanol–water partition coefficient (Wildman–Crippen LogP) is 11.7. The number of hydrogen-bond acceptors (Lipinski definition) is 5. The van der Waals surface area contributed by atoms with E-state index >= 15 is 0 Å². The largest absolute Gasteiger partial charge is 0.506 e. The smallest absolute Gasteiger partial charge is 0.218 e. The molecule has 0 saturated carbocycles. The second-order valence-electron chi connectivity index (χ2n) is 13.7. The normalized spacial score (nSPS) is 16.5. The quantitative estimate of drug-likeness (QED) is 0.0680. The summed E-state index contributed by atoms with van der Waals surface area (Å²) in [6.45, 7) is 12.7. The van der Waals surface area contributed by atoms with Gasteiger partial charge in [0.15, 0.2) is 0 Å². The fraction of sp³-hybridized carbons (Fsp3) is 0.659. The number of allylic oxidation sites excluding steroid dienone is 6. The minimum Gasteiger partial charge on any atom is -0.506 e. The van der Waals surface area contributed by atoms with Crippen LogP contribution in [0.5, 0.6) is 0 Å². The van der Waals surface area contributed by atoms with E-state index in [2.05, 4.69) is 36.4 Å². The molecule has 47 heavy (non-hydrogen) atoms. The molecule has 5 nitrogen and oxygen atoms in total. The van der Waals surface area contributed by atoms with Crippen molar-refractivity contribution < 1.29 is 14.5 Å². The van der Waals surface area contributed by atoms with E-state index in [1.807, 2.05) is 26.1 Å². The van der Waals surface area contributed by atoms with Crippen molar-refractivity contribution in [3.05, 3.63) is 56.4 Å². The molecule has 6 heteroatoms. The van der Waals surface area contributed by atoms with Crippen LogP contribution >= 0.6 is 11.3 Å². The van der Waals surface area contributed by atoms with Gasteiger partial charge in [-0.15, -0.1) is 11.3 Å². The van der Waals surface area contributed by atoms with Gasteiger partial charge in [-0.2, -0.15) is 0 Å². The van der Waals surface area contributed by atoms with Crippen LogP contribution in [0.2, 0.25) is 0 Å². The third-order valence-electron chi connectivity index (χ3n) is 9.65. The number of carbonyl (C=O) groups excluding carboxylic acids is 1. The van der Waals surface area contributed by atoms with E-state index in [0.29, 0.717) is 16.2 Å². The molecule has 1 aliphatic heterocycles. The standard InChI is InChI=1S/C41H63N3O2S/c1-6-8-10-12-14-16-18-20-22-24-28-44(29-25-23-21-19-17-15-13-11-9-7-2)35-30-32(3)37(42-31-35)27-26-36-39(45)38(40(36)46)41-43-33(4)34(5)47-41/h26-27,30-31H,6-25,28-29H2,1-5H3/p+1/b37-27-. The molecule has 3 rings (SSSR count). The van der Waals surface area contributed by atoms with E-state index in [1.54, 1.807) is 6.08 Å². The van der Waals surface area contributed by atoms with Gasteiger partial charge >= 0.3 is 0 Å². The molecule has 0 saturated heterocycles. The Balaban J connectivity index is 1.56. The molecule has 2 heterocycles. The van der Waals surface area contributed by atoms with Gasteiger partial charge in [0.1, 0.15) is 29.4 Å². The Hall–Kier alpha value is -2.60. The number of dihydropyridines is 1. The van der Waals surface area contributed by atoms with Crippen LogP contribution in [-0.2, 0) is 4.79 Å². The van der Waals surface area contributed by atoms with E-state index in [0.717, 1.165) is 34.9 Å². The molecule has 0 fully saturated rings. The summed E-state index contributed by atoms with van der Waals surface area (Å²) in [5, 5.41) is 11.3. The number of rotatable bonds is 24. The summed E-state index contributed by atoms with van der Waals surface area (Å²) in [4.78, 5) is 23.2. The Labute approximate surface area is 290 Å². The van der Waals surface area contributed by atoms with Gasteiger partial charge < -0.3 is 5.11 Å². The minimum atomic E-state index is -0.152. The summed E-state index contributed by atoms with van der Waals surface area (Å²) in [5.74, 6) is -0.116. The van der Waals surface area contributed by atoms with Gasteiger partial charge in [0, 0.05) is 23.8 Å². The number of unbranched alkanes of at least 4 members (excludes halogenated alkanes) is 18. The van der Waals surface area contributed by atoms with E-state index < -0.39 is 0 Å². The SMILES string of the molecule is CCCCCCCCCCCC[N+](CCCCCCCCCCCC)=C1C=N/C(=C\C=C2C(=O)C(c3nc(C)c(C)s3)=C2O)C(C)=C1. The zero-order valence-corrected chi connectivity index (χ0v) is 31.3. The Morgan fingerprint density at radius 1 is 0.723 bits per heavy atom. The number of thiazole rings is 1. The number of aromatic nitrogens is 1. The van der Waals surface area contributed by atoms with Crippen LogP contribution in [0, 0.1) is 13.8 Å². The van der Waals surface area contributed by atoms with Crippen LogP contribution in [0.3, 0.4) is 0 Å². The predicted molar refractivity (Wildman–Crippen MR) is 203 cm³/mol. The van der Waals surface area contributed by atoms with Crippen molar-refractivity contribution >= 4 is 34.6 Å². The molecule has 260 valence electrons. The number of carbonyl (C=O) groups is 1. The monoisotopic (exact) mass is 662 g/mol. The van der Waals surface area contributed by atoms with Gasteiger partial charge in [-0.25, -0.2) is 14.6 Å². The Kier molecular flexibility index (Phi) is 18.3. The number of aryl methyl sites for hydroxylation is 2. The zero-order valence-electron chi connectivity index (χ0n) is 30.5. The number of hydrogen-bond donors (Lipinski definition) is 1. The lowest BCUT2D eigenvalue weighted by Gasteiger charge is -2.19. The molecule has 1 N–H and O–H groups in total. The highest BCUT2D eigenvalue weighted by molar-refractivity contribution is 7.13. The van der Waals surface area contributed by atoms with Gasteiger partial charge in [0.2, 0.25) is 11.5 Å². The topological polar surface area (TPSA) is 65.6 Å². The molecular weight excluding hydrogens is 599 g/mol. The molecule has 0 spiro atoms. The Bertz CT molecular complexity index is 1280. The lowest BCUT2D eigenvalue weighted by molar-refractivity contribution is -0.526. The van der Waals surface area contributed by atoms with Crippen molar-refractivity contribution in [3.63, 3.8) is 0 Å². The van der Waals surface area contributed by atoms with Crippen molar-refractivity contribution in [1.29, 1.82) is 0 Å². The fourth-order valence-electron chi connectivity index (χ4n) is 6.39. The first kappa shape index (κ1) is 38.8. The number of Topliss-reactive ketones (excluding diaryl/α,β-unsaturated/α-hetero) is 1. The number of aliphatic imine (C=N–C) groups is 1. The molecule has 0 unspecified atom stereocenters. The molecular formula is C41H64N3O2S+. The summed E-state index contributed by atoms with van der Waals surface area (Å²) < 4.78 is 2.55. The molecule has 2 aliphatic rings. The molecule has 0 aromatic carbocycles. The first-order chi connectivity index (χ1) is 22.9. The molecule has 0 radical (unpaired) electrons. The average Bonchev–Trinajstić information content (AvgIpc) is 3.38. The van der Waals surface area contributed by atoms with Crippen molar-refractivity contribution in [2.45, 2.75) is 163 Å². The summed E-state index contributed by atoms with van der Waals surface area (Å²) in [6.07, 6.45) is 34.8. The van der Waals surface area contributed by atoms with E-state index in [-0.39, 0.29) is 11.5 Å². The first-order valence-electron chi connectivity index (χ1n) is 19.1. The van der Waals surface area contributed by atoms with Crippen molar-refractivity contribution in [1.82, 2.24) is 4.98 Å². The highest BCUT2D eigenvalue weighted by Gasteiger charge is 2.36. The number of aliphatic hydroxyl groups excluding tert-OH is 1. The van der Waals surface area contributed by atoms with Crippen LogP contribution in [0.1, 0.15) is 165 Å². The second kappa shape index (κ2) is 22.1. The van der Waals surface area contributed by atoms with Crippen molar-refractivity contribution in [2.75, 3.05) is 13.1 Å². The number of aliphatic hydroxyl groups is 1. The summed E-state index contributed by atoms with van der Waals surface area (Å²) in [7, 11) is 0. The minimum absolute atomic E-state index is 0.0356. The van der Waals surface area contributed by atoms with Crippen LogP contribution in [0.4, 0.5) is 0 Å². The first-order valence-corrected chi connectivity index (χ1v) is 19.9. The number of nitrogens with zero attached hydrogens (tertiary/aromatic N) is 3. The highest BCUT2D eigenvalue weighted by Crippen LogP contribution is 2.38. The maximum absolute atomic E-state index is 12.8. The summed E-state index contributed by atoms with van der Waals surface area (Å²) in [5.41, 5.74) is 4.67. The van der Waals surface area contributed by atoms with Gasteiger partial charge in [-0.3, -0.25) is 4.79 Å².